The first-order chi connectivity index (χ1) is 14.5. The van der Waals surface area contributed by atoms with Crippen LogP contribution >= 0.6 is 0 Å². The van der Waals surface area contributed by atoms with E-state index in [-0.39, 0.29) is 18.4 Å². The van der Waals surface area contributed by atoms with Crippen molar-refractivity contribution in [1.29, 1.82) is 0 Å². The van der Waals surface area contributed by atoms with Gasteiger partial charge in [-0.25, -0.2) is 14.8 Å². The van der Waals surface area contributed by atoms with Gasteiger partial charge in [0, 0.05) is 25.6 Å². The normalized spacial score (nSPS) is 13.9. The molecule has 156 valence electrons. The predicted octanol–water partition coefficient (Wildman–Crippen LogP) is 2.87. The molecule has 1 fully saturated rings. The zero-order valence-corrected chi connectivity index (χ0v) is 17.0. The first-order valence-electron chi connectivity index (χ1n) is 9.79. The van der Waals surface area contributed by atoms with Crippen LogP contribution in [-0.2, 0) is 9.47 Å². The number of amides is 1. The standard InChI is InChI=1S/C22H24N4O4/c1-14-7-8-16-18(11-14)24-20(17-5-3-4-6-19(17)27)25-21(16)26-12-15(13-26)23-22(28)30-10-9-29-2/h3-8,11,15,27H,9-10,12-13H2,1-2H3,(H,23,28). The number of benzene rings is 2. The number of rotatable bonds is 6. The zero-order valence-electron chi connectivity index (χ0n) is 17.0. The number of aromatic nitrogens is 2. The molecule has 0 atom stereocenters. The first kappa shape index (κ1) is 19.9. The molecule has 1 aliphatic heterocycles. The van der Waals surface area contributed by atoms with Gasteiger partial charge in [0.15, 0.2) is 5.82 Å². The van der Waals surface area contributed by atoms with Crippen molar-refractivity contribution in [3.63, 3.8) is 0 Å². The maximum atomic E-state index is 11.8. The Labute approximate surface area is 174 Å². The van der Waals surface area contributed by atoms with Gasteiger partial charge in [0.2, 0.25) is 0 Å². The summed E-state index contributed by atoms with van der Waals surface area (Å²) in [6, 6.07) is 13.0. The smallest absolute Gasteiger partial charge is 0.407 e. The molecule has 0 spiro atoms. The molecule has 3 aromatic rings. The van der Waals surface area contributed by atoms with Crippen molar-refractivity contribution in [3.8, 4) is 17.1 Å². The summed E-state index contributed by atoms with van der Waals surface area (Å²) in [4.78, 5) is 23.3. The Morgan fingerprint density at radius 3 is 2.77 bits per heavy atom. The maximum Gasteiger partial charge on any atom is 0.407 e. The van der Waals surface area contributed by atoms with Gasteiger partial charge in [-0.05, 0) is 36.8 Å². The Hall–Kier alpha value is -3.39. The van der Waals surface area contributed by atoms with Crippen LogP contribution in [0.5, 0.6) is 5.75 Å². The molecule has 30 heavy (non-hydrogen) atoms. The number of carbonyl (C=O) groups is 1. The van der Waals surface area contributed by atoms with E-state index < -0.39 is 6.09 Å². The summed E-state index contributed by atoms with van der Waals surface area (Å²) in [6.45, 7) is 3.82. The number of hydrogen-bond acceptors (Lipinski definition) is 7. The molecule has 1 saturated heterocycles. The molecule has 1 amide bonds. The molecule has 4 rings (SSSR count). The fourth-order valence-corrected chi connectivity index (χ4v) is 3.42. The van der Waals surface area contributed by atoms with E-state index in [4.69, 9.17) is 14.5 Å². The van der Waals surface area contributed by atoms with Crippen molar-refractivity contribution in [1.82, 2.24) is 15.3 Å². The monoisotopic (exact) mass is 408 g/mol. The number of carbonyl (C=O) groups excluding carboxylic acids is 1. The summed E-state index contributed by atoms with van der Waals surface area (Å²) in [6.07, 6.45) is -0.449. The number of methoxy groups -OCH3 is 1. The fraction of sp³-hybridized carbons (Fsp3) is 0.318. The molecule has 0 unspecified atom stereocenters. The summed E-state index contributed by atoms with van der Waals surface area (Å²) >= 11 is 0. The molecule has 0 aliphatic carbocycles. The second kappa shape index (κ2) is 8.54. The lowest BCUT2D eigenvalue weighted by Crippen LogP contribution is -2.59. The Morgan fingerprint density at radius 2 is 2.00 bits per heavy atom. The summed E-state index contributed by atoms with van der Waals surface area (Å²) in [5.74, 6) is 1.39. The molecule has 0 bridgehead atoms. The van der Waals surface area contributed by atoms with Gasteiger partial charge in [0.1, 0.15) is 18.2 Å². The molecular weight excluding hydrogens is 384 g/mol. The number of phenolic OH excluding ortho intramolecular Hbond substituents is 1. The molecule has 8 nitrogen and oxygen atoms in total. The van der Waals surface area contributed by atoms with Gasteiger partial charge in [-0.3, -0.25) is 0 Å². The van der Waals surface area contributed by atoms with Crippen LogP contribution in [0.25, 0.3) is 22.3 Å². The Morgan fingerprint density at radius 1 is 1.20 bits per heavy atom. The first-order valence-corrected chi connectivity index (χ1v) is 9.79. The van der Waals surface area contributed by atoms with Crippen LogP contribution in [0.2, 0.25) is 0 Å². The molecule has 8 heteroatoms. The number of nitrogens with zero attached hydrogens (tertiary/aromatic N) is 3. The minimum Gasteiger partial charge on any atom is -0.507 e. The van der Waals surface area contributed by atoms with E-state index >= 15 is 0 Å². The van der Waals surface area contributed by atoms with Gasteiger partial charge in [0.05, 0.1) is 23.7 Å². The van der Waals surface area contributed by atoms with Crippen molar-refractivity contribution in [2.24, 2.45) is 0 Å². The average molecular weight is 408 g/mol. The Kier molecular flexibility index (Phi) is 5.67. The number of aromatic hydroxyl groups is 1. The van der Waals surface area contributed by atoms with Crippen LogP contribution in [0, 0.1) is 6.92 Å². The Balaban J connectivity index is 1.57. The molecule has 1 aliphatic rings. The van der Waals surface area contributed by atoms with Crippen LogP contribution in [0.1, 0.15) is 5.56 Å². The van der Waals surface area contributed by atoms with E-state index in [1.165, 1.54) is 0 Å². The van der Waals surface area contributed by atoms with Crippen LogP contribution in [0.4, 0.5) is 10.6 Å². The highest BCUT2D eigenvalue weighted by molar-refractivity contribution is 5.92. The highest BCUT2D eigenvalue weighted by atomic mass is 16.6. The summed E-state index contributed by atoms with van der Waals surface area (Å²) in [5.41, 5.74) is 2.49. The van der Waals surface area contributed by atoms with Crippen molar-refractivity contribution in [2.45, 2.75) is 13.0 Å². The number of hydrogen-bond donors (Lipinski definition) is 2. The third-order valence-electron chi connectivity index (χ3n) is 5.00. The number of nitrogens with one attached hydrogen (secondary N) is 1. The lowest BCUT2D eigenvalue weighted by Gasteiger charge is -2.40. The fourth-order valence-electron chi connectivity index (χ4n) is 3.42. The van der Waals surface area contributed by atoms with E-state index in [9.17, 15) is 9.90 Å². The second-order valence-electron chi connectivity index (χ2n) is 7.28. The van der Waals surface area contributed by atoms with Gasteiger partial charge in [-0.1, -0.05) is 18.2 Å². The van der Waals surface area contributed by atoms with Gasteiger partial charge in [0.25, 0.3) is 0 Å². The minimum absolute atomic E-state index is 0.0240. The van der Waals surface area contributed by atoms with Crippen LogP contribution in [-0.4, -0.2) is 60.6 Å². The molecule has 1 aromatic heterocycles. The molecular formula is C22H24N4O4. The van der Waals surface area contributed by atoms with Gasteiger partial charge >= 0.3 is 6.09 Å². The van der Waals surface area contributed by atoms with E-state index in [1.54, 1.807) is 25.3 Å². The molecule has 2 heterocycles. The number of ether oxygens (including phenoxy) is 2. The third-order valence-corrected chi connectivity index (χ3v) is 5.00. The van der Waals surface area contributed by atoms with E-state index in [2.05, 4.69) is 15.2 Å². The number of para-hydroxylation sites is 1. The lowest BCUT2D eigenvalue weighted by atomic mass is 10.1. The van der Waals surface area contributed by atoms with Gasteiger partial charge < -0.3 is 24.8 Å². The second-order valence-corrected chi connectivity index (χ2v) is 7.28. The van der Waals surface area contributed by atoms with E-state index in [0.29, 0.717) is 31.1 Å². The van der Waals surface area contributed by atoms with Crippen molar-refractivity contribution in [2.75, 3.05) is 38.3 Å². The third kappa shape index (κ3) is 4.13. The van der Waals surface area contributed by atoms with E-state index in [0.717, 1.165) is 22.3 Å². The van der Waals surface area contributed by atoms with Crippen LogP contribution < -0.4 is 10.2 Å². The van der Waals surface area contributed by atoms with Crippen molar-refractivity contribution in [3.05, 3.63) is 48.0 Å². The average Bonchev–Trinajstić information content (AvgIpc) is 2.70. The molecule has 2 N–H and O–H groups in total. The van der Waals surface area contributed by atoms with Gasteiger partial charge in [-0.2, -0.15) is 0 Å². The highest BCUT2D eigenvalue weighted by Crippen LogP contribution is 2.33. The number of aryl methyl sites for hydroxylation is 1. The minimum atomic E-state index is -0.449. The topological polar surface area (TPSA) is 96.8 Å². The van der Waals surface area contributed by atoms with Crippen molar-refractivity contribution >= 4 is 22.8 Å². The van der Waals surface area contributed by atoms with E-state index in [1.807, 2.05) is 31.2 Å². The molecule has 0 radical (unpaired) electrons. The SMILES string of the molecule is COCCOC(=O)NC1CN(c2nc(-c3ccccc3O)nc3cc(C)ccc23)C1. The lowest BCUT2D eigenvalue weighted by molar-refractivity contribution is 0.0955. The number of anilines is 1. The predicted molar refractivity (Wildman–Crippen MR) is 114 cm³/mol. The molecule has 0 saturated carbocycles. The summed E-state index contributed by atoms with van der Waals surface area (Å²) < 4.78 is 9.93. The highest BCUT2D eigenvalue weighted by Gasteiger charge is 2.31. The zero-order chi connectivity index (χ0) is 21.1. The number of alkyl carbamates (subject to hydrolysis) is 1. The summed E-state index contributed by atoms with van der Waals surface area (Å²) in [7, 11) is 1.56. The number of phenols is 1. The van der Waals surface area contributed by atoms with Crippen LogP contribution in [0.3, 0.4) is 0 Å². The Bertz CT molecular complexity index is 1070. The van der Waals surface area contributed by atoms with Crippen LogP contribution in [0.15, 0.2) is 42.5 Å². The maximum absolute atomic E-state index is 11.8. The van der Waals surface area contributed by atoms with Gasteiger partial charge in [-0.15, -0.1) is 0 Å². The summed E-state index contributed by atoms with van der Waals surface area (Å²) in [5, 5.41) is 14.0. The quantitative estimate of drug-likeness (QED) is 0.606. The molecule has 2 aromatic carbocycles. The number of fused-ring (bicyclic) bond motifs is 1. The van der Waals surface area contributed by atoms with Crippen molar-refractivity contribution < 1.29 is 19.4 Å². The largest absolute Gasteiger partial charge is 0.507 e.